The molecule has 1 fully saturated rings. The molecule has 4 rings (SSSR count). The molecule has 0 aromatic heterocycles. The van der Waals surface area contributed by atoms with Gasteiger partial charge in [-0.3, -0.25) is 9.59 Å². The van der Waals surface area contributed by atoms with Gasteiger partial charge >= 0.3 is 0 Å². The van der Waals surface area contributed by atoms with Gasteiger partial charge in [0.05, 0.1) is 24.1 Å². The van der Waals surface area contributed by atoms with E-state index in [-0.39, 0.29) is 24.3 Å². The molecule has 2 heterocycles. The number of rotatable bonds is 4. The Balaban J connectivity index is 1.51. The van der Waals surface area contributed by atoms with E-state index in [4.69, 9.17) is 4.74 Å². The van der Waals surface area contributed by atoms with Crippen molar-refractivity contribution in [3.63, 3.8) is 0 Å². The molecule has 2 atom stereocenters. The summed E-state index contributed by atoms with van der Waals surface area (Å²) in [6.45, 7) is 0.741. The lowest BCUT2D eigenvalue weighted by Crippen LogP contribution is -2.39. The van der Waals surface area contributed by atoms with E-state index in [1.54, 1.807) is 7.11 Å². The Labute approximate surface area is 175 Å². The first-order chi connectivity index (χ1) is 14.2. The van der Waals surface area contributed by atoms with Crippen molar-refractivity contribution in [2.24, 2.45) is 0 Å². The zero-order chi connectivity index (χ0) is 20.2. The van der Waals surface area contributed by atoms with E-state index in [9.17, 15) is 9.59 Å². The number of methoxy groups -OCH3 is 1. The van der Waals surface area contributed by atoms with Crippen molar-refractivity contribution in [1.82, 2.24) is 4.90 Å². The summed E-state index contributed by atoms with van der Waals surface area (Å²) in [7, 11) is 1.65. The third-order valence-corrected chi connectivity index (χ3v) is 6.92. The number of hydrogen-bond donors (Lipinski definition) is 1. The van der Waals surface area contributed by atoms with E-state index in [2.05, 4.69) is 5.32 Å². The summed E-state index contributed by atoms with van der Waals surface area (Å²) in [5, 5.41) is 2.55. The minimum Gasteiger partial charge on any atom is -0.497 e. The van der Waals surface area contributed by atoms with Gasteiger partial charge in [-0.05, 0) is 42.7 Å². The van der Waals surface area contributed by atoms with Crippen LogP contribution in [0.4, 0.5) is 5.69 Å². The topological polar surface area (TPSA) is 58.6 Å². The Bertz CT molecular complexity index is 884. The van der Waals surface area contributed by atoms with Gasteiger partial charge in [0.2, 0.25) is 11.8 Å². The van der Waals surface area contributed by atoms with Crippen LogP contribution >= 0.6 is 11.8 Å². The molecule has 2 aromatic rings. The van der Waals surface area contributed by atoms with Crippen molar-refractivity contribution >= 4 is 29.3 Å². The largest absolute Gasteiger partial charge is 0.497 e. The minimum atomic E-state index is -0.392. The first-order valence-electron chi connectivity index (χ1n) is 10.2. The van der Waals surface area contributed by atoms with E-state index in [0.717, 1.165) is 54.1 Å². The van der Waals surface area contributed by atoms with Crippen LogP contribution in [-0.2, 0) is 9.59 Å². The Morgan fingerprint density at radius 1 is 1.14 bits per heavy atom. The van der Waals surface area contributed by atoms with Crippen LogP contribution in [0.15, 0.2) is 53.4 Å². The zero-order valence-corrected chi connectivity index (χ0v) is 17.4. The van der Waals surface area contributed by atoms with Crippen molar-refractivity contribution in [2.75, 3.05) is 19.0 Å². The lowest BCUT2D eigenvalue weighted by atomic mass is 10.00. The summed E-state index contributed by atoms with van der Waals surface area (Å²) >= 11 is 1.49. The number of thioether (sulfide) groups is 1. The maximum absolute atomic E-state index is 13.3. The molecule has 0 bridgehead atoms. The number of nitrogens with zero attached hydrogens (tertiary/aromatic N) is 1. The predicted molar refractivity (Wildman–Crippen MR) is 115 cm³/mol. The normalized spacial score (nSPS) is 21.7. The van der Waals surface area contributed by atoms with Crippen molar-refractivity contribution in [2.45, 2.75) is 48.3 Å². The molecule has 0 spiro atoms. The minimum absolute atomic E-state index is 0.0553. The number of likely N-dealkylation sites (tertiary alicyclic amines) is 1. The van der Waals surface area contributed by atoms with Gasteiger partial charge in [-0.2, -0.15) is 0 Å². The van der Waals surface area contributed by atoms with Gasteiger partial charge in [0.15, 0.2) is 0 Å². The number of fused-ring (bicyclic) bond motifs is 1. The first-order valence-corrected chi connectivity index (χ1v) is 11.0. The number of benzene rings is 2. The molecular formula is C23H26N2O3S. The molecule has 2 aromatic carbocycles. The van der Waals surface area contributed by atoms with Gasteiger partial charge in [-0.25, -0.2) is 0 Å². The van der Waals surface area contributed by atoms with Crippen LogP contribution in [-0.4, -0.2) is 35.6 Å². The quantitative estimate of drug-likeness (QED) is 0.798. The summed E-state index contributed by atoms with van der Waals surface area (Å²) in [4.78, 5) is 28.9. The highest BCUT2D eigenvalue weighted by atomic mass is 32.2. The predicted octanol–water partition coefficient (Wildman–Crippen LogP) is 4.64. The van der Waals surface area contributed by atoms with Crippen molar-refractivity contribution in [3.05, 3.63) is 54.1 Å². The number of carbonyl (C=O) groups excluding carboxylic acids is 2. The van der Waals surface area contributed by atoms with Crippen LogP contribution in [0.5, 0.6) is 5.75 Å². The summed E-state index contributed by atoms with van der Waals surface area (Å²) in [6, 6.07) is 15.8. The molecule has 2 aliphatic heterocycles. The number of amides is 2. The number of para-hydroxylation sites is 1. The van der Waals surface area contributed by atoms with Crippen molar-refractivity contribution in [1.29, 1.82) is 0 Å². The SMILES string of the molecule is COc1ccc([C@H]2CCCCCN2C(=O)C[C@@H]2Sc3ccccc3NC2=O)cc1. The second kappa shape index (κ2) is 8.91. The van der Waals surface area contributed by atoms with E-state index >= 15 is 0 Å². The third-order valence-electron chi connectivity index (χ3n) is 5.64. The molecule has 0 saturated carbocycles. The monoisotopic (exact) mass is 410 g/mol. The number of ether oxygens (including phenoxy) is 1. The van der Waals surface area contributed by atoms with Crippen LogP contribution in [0.3, 0.4) is 0 Å². The Morgan fingerprint density at radius 2 is 1.93 bits per heavy atom. The third kappa shape index (κ3) is 4.42. The fraction of sp³-hybridized carbons (Fsp3) is 0.391. The molecule has 0 aliphatic carbocycles. The van der Waals surface area contributed by atoms with Gasteiger partial charge in [0.25, 0.3) is 0 Å². The van der Waals surface area contributed by atoms with Crippen LogP contribution in [0, 0.1) is 0 Å². The highest BCUT2D eigenvalue weighted by molar-refractivity contribution is 8.01. The second-order valence-electron chi connectivity index (χ2n) is 7.52. The average molecular weight is 411 g/mol. The molecule has 1 N–H and O–H groups in total. The van der Waals surface area contributed by atoms with Gasteiger partial charge in [-0.15, -0.1) is 11.8 Å². The van der Waals surface area contributed by atoms with E-state index in [1.807, 2.05) is 53.4 Å². The number of nitrogens with one attached hydrogen (secondary N) is 1. The molecule has 5 nitrogen and oxygen atoms in total. The molecular weight excluding hydrogens is 384 g/mol. The summed E-state index contributed by atoms with van der Waals surface area (Å²) in [6.07, 6.45) is 4.41. The van der Waals surface area contributed by atoms with Crippen LogP contribution in [0.25, 0.3) is 0 Å². The van der Waals surface area contributed by atoms with Crippen LogP contribution in [0.2, 0.25) is 0 Å². The first kappa shape index (κ1) is 19.8. The standard InChI is InChI=1S/C23H26N2O3S/c1-28-17-12-10-16(11-13-17)19-8-3-2-6-14-25(19)22(26)15-21-23(27)24-18-7-4-5-9-20(18)29-21/h4-5,7,9-13,19,21H,2-3,6,8,14-15H2,1H3,(H,24,27)/t19-,21+/m1/s1. The molecule has 152 valence electrons. The van der Waals surface area contributed by atoms with Gasteiger partial charge in [-0.1, -0.05) is 37.1 Å². The number of carbonyl (C=O) groups is 2. The fourth-order valence-electron chi connectivity index (χ4n) is 4.08. The Kier molecular flexibility index (Phi) is 6.09. The maximum atomic E-state index is 13.3. The number of hydrogen-bond acceptors (Lipinski definition) is 4. The highest BCUT2D eigenvalue weighted by Gasteiger charge is 2.33. The fourth-order valence-corrected chi connectivity index (χ4v) is 5.18. The molecule has 29 heavy (non-hydrogen) atoms. The van der Waals surface area contributed by atoms with Crippen LogP contribution < -0.4 is 10.1 Å². The average Bonchev–Trinajstić information content (AvgIpc) is 3.00. The molecule has 1 saturated heterocycles. The van der Waals surface area contributed by atoms with Gasteiger partial charge in [0.1, 0.15) is 5.75 Å². The smallest absolute Gasteiger partial charge is 0.238 e. The number of anilines is 1. The summed E-state index contributed by atoms with van der Waals surface area (Å²) in [5.41, 5.74) is 1.96. The lowest BCUT2D eigenvalue weighted by Gasteiger charge is -2.32. The van der Waals surface area contributed by atoms with E-state index < -0.39 is 5.25 Å². The molecule has 6 heteroatoms. The lowest BCUT2D eigenvalue weighted by molar-refractivity contribution is -0.134. The second-order valence-corrected chi connectivity index (χ2v) is 8.77. The summed E-state index contributed by atoms with van der Waals surface area (Å²) < 4.78 is 5.27. The van der Waals surface area contributed by atoms with E-state index in [1.165, 1.54) is 11.8 Å². The van der Waals surface area contributed by atoms with Gasteiger partial charge < -0.3 is 15.0 Å². The molecule has 2 amide bonds. The van der Waals surface area contributed by atoms with Crippen LogP contribution in [0.1, 0.15) is 43.7 Å². The van der Waals surface area contributed by atoms with E-state index in [0.29, 0.717) is 0 Å². The zero-order valence-electron chi connectivity index (χ0n) is 16.6. The Morgan fingerprint density at radius 3 is 2.72 bits per heavy atom. The van der Waals surface area contributed by atoms with Crippen molar-refractivity contribution < 1.29 is 14.3 Å². The highest BCUT2D eigenvalue weighted by Crippen LogP contribution is 2.38. The van der Waals surface area contributed by atoms with Gasteiger partial charge in [0, 0.05) is 17.9 Å². The maximum Gasteiger partial charge on any atom is 0.238 e. The molecule has 0 unspecified atom stereocenters. The summed E-state index contributed by atoms with van der Waals surface area (Å²) in [5.74, 6) is 0.784. The molecule has 0 radical (unpaired) electrons. The molecule has 2 aliphatic rings. The van der Waals surface area contributed by atoms with Crippen molar-refractivity contribution in [3.8, 4) is 5.75 Å². The Hall–Kier alpha value is -2.47.